The Labute approximate surface area is 180 Å². The number of nitrogens with one attached hydrogen (secondary N) is 1. The molecular weight excluding hydrogens is 394 g/mol. The molecule has 2 aromatic carbocycles. The number of ether oxygens (including phenoxy) is 2. The summed E-state index contributed by atoms with van der Waals surface area (Å²) >= 11 is 0. The van der Waals surface area contributed by atoms with E-state index in [0.717, 1.165) is 40.1 Å². The maximum absolute atomic E-state index is 13.3. The van der Waals surface area contributed by atoms with Gasteiger partial charge in [-0.1, -0.05) is 0 Å². The molecule has 31 heavy (non-hydrogen) atoms. The summed E-state index contributed by atoms with van der Waals surface area (Å²) in [7, 11) is 3.26. The number of nitrogens with zero attached hydrogens (tertiary/aromatic N) is 2. The first kappa shape index (κ1) is 19.5. The fourth-order valence-corrected chi connectivity index (χ4v) is 4.65. The molecule has 5 rings (SSSR count). The van der Waals surface area contributed by atoms with Crippen LogP contribution in [-0.4, -0.2) is 49.0 Å². The monoisotopic (exact) mass is 419 g/mol. The average molecular weight is 419 g/mol. The molecule has 1 atom stereocenters. The summed E-state index contributed by atoms with van der Waals surface area (Å²) in [5, 5.41) is 1.09. The second-order valence-electron chi connectivity index (χ2n) is 8.11. The van der Waals surface area contributed by atoms with Crippen LogP contribution < -0.4 is 14.4 Å². The highest BCUT2D eigenvalue weighted by Crippen LogP contribution is 2.33. The highest BCUT2D eigenvalue weighted by molar-refractivity contribution is 6.00. The second kappa shape index (κ2) is 7.65. The van der Waals surface area contributed by atoms with Gasteiger partial charge in [0.05, 0.1) is 20.1 Å². The molecule has 2 amide bonds. The Morgan fingerprint density at radius 2 is 1.81 bits per heavy atom. The van der Waals surface area contributed by atoms with Crippen LogP contribution in [0.15, 0.2) is 42.5 Å². The van der Waals surface area contributed by atoms with Crippen LogP contribution in [0.3, 0.4) is 0 Å². The molecule has 0 radical (unpaired) electrons. The van der Waals surface area contributed by atoms with Gasteiger partial charge in [0.2, 0.25) is 11.8 Å². The SMILES string of the molecule is COc1ccc(N2CC(C(=O)N3CCc4[nH]c5ccc(OC)cc5c4C3)CC2=O)cc1. The topological polar surface area (TPSA) is 74.9 Å². The van der Waals surface area contributed by atoms with Crippen molar-refractivity contribution in [2.45, 2.75) is 19.4 Å². The molecule has 0 spiro atoms. The molecule has 1 fully saturated rings. The summed E-state index contributed by atoms with van der Waals surface area (Å²) in [4.78, 5) is 33.0. The summed E-state index contributed by atoms with van der Waals surface area (Å²) in [6.07, 6.45) is 1.02. The van der Waals surface area contributed by atoms with Gasteiger partial charge >= 0.3 is 0 Å². The van der Waals surface area contributed by atoms with Gasteiger partial charge in [0.25, 0.3) is 0 Å². The number of methoxy groups -OCH3 is 2. The third-order valence-corrected chi connectivity index (χ3v) is 6.35. The number of benzene rings is 2. The predicted octanol–water partition coefficient (Wildman–Crippen LogP) is 3.12. The smallest absolute Gasteiger partial charge is 0.228 e. The van der Waals surface area contributed by atoms with Gasteiger partial charge in [-0.3, -0.25) is 9.59 Å². The Morgan fingerprint density at radius 1 is 1.06 bits per heavy atom. The van der Waals surface area contributed by atoms with E-state index < -0.39 is 0 Å². The minimum atomic E-state index is -0.323. The van der Waals surface area contributed by atoms with Crippen LogP contribution in [0.4, 0.5) is 5.69 Å². The van der Waals surface area contributed by atoms with E-state index in [4.69, 9.17) is 9.47 Å². The van der Waals surface area contributed by atoms with E-state index in [9.17, 15) is 9.59 Å². The summed E-state index contributed by atoms with van der Waals surface area (Å²) < 4.78 is 10.6. The fourth-order valence-electron chi connectivity index (χ4n) is 4.65. The van der Waals surface area contributed by atoms with E-state index in [1.165, 1.54) is 5.69 Å². The van der Waals surface area contributed by atoms with Gasteiger partial charge in [0.1, 0.15) is 11.5 Å². The molecule has 1 saturated heterocycles. The van der Waals surface area contributed by atoms with Crippen LogP contribution in [0.1, 0.15) is 17.7 Å². The third-order valence-electron chi connectivity index (χ3n) is 6.35. The van der Waals surface area contributed by atoms with Gasteiger partial charge in [-0.25, -0.2) is 0 Å². The van der Waals surface area contributed by atoms with E-state index in [0.29, 0.717) is 19.6 Å². The first-order chi connectivity index (χ1) is 15.1. The van der Waals surface area contributed by atoms with E-state index in [2.05, 4.69) is 4.98 Å². The zero-order valence-corrected chi connectivity index (χ0v) is 17.7. The van der Waals surface area contributed by atoms with Crippen molar-refractivity contribution in [2.75, 3.05) is 32.2 Å². The molecule has 3 aromatic rings. The molecule has 0 bridgehead atoms. The maximum atomic E-state index is 13.3. The molecule has 1 N–H and O–H groups in total. The quantitative estimate of drug-likeness (QED) is 0.705. The van der Waals surface area contributed by atoms with Crippen molar-refractivity contribution in [3.63, 3.8) is 0 Å². The molecule has 1 aromatic heterocycles. The largest absolute Gasteiger partial charge is 0.497 e. The zero-order chi connectivity index (χ0) is 21.5. The van der Waals surface area contributed by atoms with Crippen molar-refractivity contribution >= 4 is 28.4 Å². The minimum absolute atomic E-state index is 0.0157. The molecule has 0 aliphatic carbocycles. The molecule has 2 aliphatic heterocycles. The number of hydrogen-bond donors (Lipinski definition) is 1. The fraction of sp³-hybridized carbons (Fsp3) is 0.333. The molecular formula is C24H25N3O4. The Hall–Kier alpha value is -3.48. The van der Waals surface area contributed by atoms with Gasteiger partial charge in [-0.15, -0.1) is 0 Å². The number of carbonyl (C=O) groups excluding carboxylic acids is 2. The van der Waals surface area contributed by atoms with Crippen molar-refractivity contribution in [3.8, 4) is 11.5 Å². The van der Waals surface area contributed by atoms with Crippen molar-refractivity contribution in [1.82, 2.24) is 9.88 Å². The van der Waals surface area contributed by atoms with Crippen LogP contribution in [0, 0.1) is 5.92 Å². The Bertz CT molecular complexity index is 1150. The third kappa shape index (κ3) is 3.40. The number of fused-ring (bicyclic) bond motifs is 3. The molecule has 0 saturated carbocycles. The Morgan fingerprint density at radius 3 is 2.55 bits per heavy atom. The number of aromatic nitrogens is 1. The Balaban J connectivity index is 1.33. The number of carbonyl (C=O) groups is 2. The van der Waals surface area contributed by atoms with E-state index in [-0.39, 0.29) is 24.2 Å². The number of aromatic amines is 1. The molecule has 7 heteroatoms. The average Bonchev–Trinajstić information content (AvgIpc) is 3.38. The summed E-state index contributed by atoms with van der Waals surface area (Å²) in [6.45, 7) is 1.62. The molecule has 7 nitrogen and oxygen atoms in total. The van der Waals surface area contributed by atoms with Gasteiger partial charge in [0, 0.05) is 60.3 Å². The van der Waals surface area contributed by atoms with Crippen molar-refractivity contribution in [1.29, 1.82) is 0 Å². The highest BCUT2D eigenvalue weighted by atomic mass is 16.5. The van der Waals surface area contributed by atoms with Gasteiger partial charge in [0.15, 0.2) is 0 Å². The first-order valence-electron chi connectivity index (χ1n) is 10.5. The highest BCUT2D eigenvalue weighted by Gasteiger charge is 2.38. The summed E-state index contributed by atoms with van der Waals surface area (Å²) in [5.41, 5.74) is 4.17. The number of hydrogen-bond acceptors (Lipinski definition) is 4. The molecule has 160 valence electrons. The van der Waals surface area contributed by atoms with Crippen LogP contribution in [0.5, 0.6) is 11.5 Å². The van der Waals surface area contributed by atoms with Crippen LogP contribution in [-0.2, 0) is 22.6 Å². The van der Waals surface area contributed by atoms with E-state index in [1.54, 1.807) is 19.1 Å². The maximum Gasteiger partial charge on any atom is 0.228 e. The number of H-pyrrole nitrogens is 1. The summed E-state index contributed by atoms with van der Waals surface area (Å²) in [6, 6.07) is 13.3. The van der Waals surface area contributed by atoms with Crippen molar-refractivity contribution < 1.29 is 19.1 Å². The summed E-state index contributed by atoms with van der Waals surface area (Å²) in [5.74, 6) is 1.25. The standard InChI is InChI=1S/C24H25N3O4/c1-30-17-5-3-16(4-6-17)27-13-15(11-23(27)28)24(29)26-10-9-22-20(14-26)19-12-18(31-2)7-8-21(19)25-22/h3-8,12,15,25H,9-11,13-14H2,1-2H3. The molecule has 3 heterocycles. The lowest BCUT2D eigenvalue weighted by atomic mass is 10.0. The van der Waals surface area contributed by atoms with Crippen LogP contribution in [0.25, 0.3) is 10.9 Å². The lowest BCUT2D eigenvalue weighted by Crippen LogP contribution is -2.40. The second-order valence-corrected chi connectivity index (χ2v) is 8.11. The number of amides is 2. The van der Waals surface area contributed by atoms with Gasteiger partial charge in [-0.2, -0.15) is 0 Å². The van der Waals surface area contributed by atoms with E-state index in [1.807, 2.05) is 47.4 Å². The van der Waals surface area contributed by atoms with Crippen molar-refractivity contribution in [2.24, 2.45) is 5.92 Å². The van der Waals surface area contributed by atoms with Gasteiger partial charge < -0.3 is 24.3 Å². The number of rotatable bonds is 4. The van der Waals surface area contributed by atoms with Gasteiger partial charge in [-0.05, 0) is 42.5 Å². The van der Waals surface area contributed by atoms with Crippen LogP contribution >= 0.6 is 0 Å². The first-order valence-corrected chi connectivity index (χ1v) is 10.5. The lowest BCUT2D eigenvalue weighted by molar-refractivity contribution is -0.136. The van der Waals surface area contributed by atoms with E-state index >= 15 is 0 Å². The number of anilines is 1. The normalized spacial score (nSPS) is 18.4. The zero-order valence-electron chi connectivity index (χ0n) is 17.7. The van der Waals surface area contributed by atoms with Crippen LogP contribution in [0.2, 0.25) is 0 Å². The van der Waals surface area contributed by atoms with Crippen molar-refractivity contribution in [3.05, 3.63) is 53.7 Å². The predicted molar refractivity (Wildman–Crippen MR) is 117 cm³/mol. The lowest BCUT2D eigenvalue weighted by Gasteiger charge is -2.29. The molecule has 1 unspecified atom stereocenters. The molecule has 2 aliphatic rings. The Kier molecular flexibility index (Phi) is 4.81. The minimum Gasteiger partial charge on any atom is -0.497 e.